The van der Waals surface area contributed by atoms with Gasteiger partial charge in [-0.2, -0.15) is 0 Å². The molecule has 0 bridgehead atoms. The van der Waals surface area contributed by atoms with E-state index < -0.39 is 9.84 Å². The van der Waals surface area contributed by atoms with Crippen molar-refractivity contribution in [2.75, 3.05) is 12.3 Å². The zero-order valence-electron chi connectivity index (χ0n) is 11.1. The molecule has 0 aliphatic rings. The Labute approximate surface area is 125 Å². The van der Waals surface area contributed by atoms with E-state index in [0.717, 1.165) is 13.0 Å². The molecule has 0 saturated carbocycles. The van der Waals surface area contributed by atoms with Gasteiger partial charge in [-0.3, -0.25) is 0 Å². The molecule has 1 unspecified atom stereocenters. The molecule has 0 radical (unpaired) electrons. The zero-order valence-corrected chi connectivity index (χ0v) is 13.4. The largest absolute Gasteiger partial charge is 0.315 e. The summed E-state index contributed by atoms with van der Waals surface area (Å²) in [4.78, 5) is 0.0504. The van der Waals surface area contributed by atoms with Gasteiger partial charge in [-0.05, 0) is 38.4 Å². The highest BCUT2D eigenvalue weighted by Crippen LogP contribution is 2.30. The second kappa shape index (κ2) is 7.48. The maximum Gasteiger partial charge on any atom is 0.181 e. The molecule has 1 rings (SSSR count). The van der Waals surface area contributed by atoms with E-state index in [2.05, 4.69) is 5.32 Å². The van der Waals surface area contributed by atoms with Crippen molar-refractivity contribution in [1.29, 1.82) is 0 Å². The fraction of sp³-hybridized carbons (Fsp3) is 0.538. The number of rotatable bonds is 7. The number of nitrogens with one attached hydrogen (secondary N) is 1. The second-order valence-corrected chi connectivity index (χ2v) is 7.33. The molecule has 0 heterocycles. The fourth-order valence-electron chi connectivity index (χ4n) is 1.91. The first-order valence-corrected chi connectivity index (χ1v) is 8.69. The molecule has 19 heavy (non-hydrogen) atoms. The van der Waals surface area contributed by atoms with Crippen molar-refractivity contribution in [3.8, 4) is 0 Å². The Hall–Kier alpha value is -0.290. The summed E-state index contributed by atoms with van der Waals surface area (Å²) in [5, 5.41) is 3.62. The van der Waals surface area contributed by atoms with E-state index in [0.29, 0.717) is 12.5 Å². The van der Waals surface area contributed by atoms with Crippen molar-refractivity contribution in [3.63, 3.8) is 0 Å². The van der Waals surface area contributed by atoms with E-state index >= 15 is 0 Å². The van der Waals surface area contributed by atoms with Gasteiger partial charge in [-0.1, -0.05) is 36.2 Å². The second-order valence-electron chi connectivity index (χ2n) is 4.47. The summed E-state index contributed by atoms with van der Waals surface area (Å²) in [6.07, 6.45) is 1.38. The summed E-state index contributed by atoms with van der Waals surface area (Å²) in [6, 6.07) is 5.03. The van der Waals surface area contributed by atoms with Crippen molar-refractivity contribution in [2.24, 2.45) is 0 Å². The molecule has 0 spiro atoms. The summed E-state index contributed by atoms with van der Waals surface area (Å²) in [5.41, 5.74) is 0. The number of hydrogen-bond donors (Lipinski definition) is 1. The summed E-state index contributed by atoms with van der Waals surface area (Å²) in [7, 11) is -3.42. The zero-order chi connectivity index (χ0) is 14.5. The third-order valence-corrected chi connectivity index (χ3v) is 5.57. The van der Waals surface area contributed by atoms with Gasteiger partial charge in [0.15, 0.2) is 9.84 Å². The lowest BCUT2D eigenvalue weighted by Gasteiger charge is -2.12. The van der Waals surface area contributed by atoms with Crippen LogP contribution in [0.3, 0.4) is 0 Å². The van der Waals surface area contributed by atoms with E-state index in [1.165, 1.54) is 0 Å². The minimum Gasteiger partial charge on any atom is -0.315 e. The first kappa shape index (κ1) is 16.8. The molecule has 1 aromatic carbocycles. The van der Waals surface area contributed by atoms with E-state index in [1.54, 1.807) is 18.2 Å². The van der Waals surface area contributed by atoms with Crippen LogP contribution in [0, 0.1) is 0 Å². The lowest BCUT2D eigenvalue weighted by Crippen LogP contribution is -2.26. The van der Waals surface area contributed by atoms with Crippen LogP contribution in [0.2, 0.25) is 10.0 Å². The summed E-state index contributed by atoms with van der Waals surface area (Å²) >= 11 is 11.9. The molecule has 1 atom stereocenters. The highest BCUT2D eigenvalue weighted by molar-refractivity contribution is 7.91. The van der Waals surface area contributed by atoms with Crippen LogP contribution in [0.15, 0.2) is 23.1 Å². The van der Waals surface area contributed by atoms with Gasteiger partial charge in [0.25, 0.3) is 0 Å². The fourth-order valence-corrected chi connectivity index (χ4v) is 4.50. The molecule has 0 amide bonds. The molecule has 108 valence electrons. The molecule has 0 saturated heterocycles. The minimum atomic E-state index is -3.42. The SMILES string of the molecule is CCNC(C)CCCS(=O)(=O)c1c(Cl)cccc1Cl. The van der Waals surface area contributed by atoms with E-state index in [9.17, 15) is 8.42 Å². The minimum absolute atomic E-state index is 0.0504. The highest BCUT2D eigenvalue weighted by Gasteiger charge is 2.21. The van der Waals surface area contributed by atoms with Gasteiger partial charge in [-0.15, -0.1) is 0 Å². The molecule has 0 aromatic heterocycles. The van der Waals surface area contributed by atoms with Crippen LogP contribution in [0.5, 0.6) is 0 Å². The summed E-state index contributed by atoms with van der Waals surface area (Å²) in [5.74, 6) is 0.0617. The van der Waals surface area contributed by atoms with Crippen LogP contribution < -0.4 is 5.32 Å². The quantitative estimate of drug-likeness (QED) is 0.834. The van der Waals surface area contributed by atoms with Crippen LogP contribution in [0.4, 0.5) is 0 Å². The Morgan fingerprint density at radius 3 is 2.37 bits per heavy atom. The molecule has 1 aromatic rings. The molecule has 0 aliphatic carbocycles. The first-order valence-electron chi connectivity index (χ1n) is 6.28. The van der Waals surface area contributed by atoms with Crippen LogP contribution >= 0.6 is 23.2 Å². The lowest BCUT2D eigenvalue weighted by atomic mass is 10.2. The lowest BCUT2D eigenvalue weighted by molar-refractivity contribution is 0.521. The molecule has 0 fully saturated rings. The van der Waals surface area contributed by atoms with Crippen molar-refractivity contribution >= 4 is 33.0 Å². The third-order valence-electron chi connectivity index (χ3n) is 2.83. The number of hydrogen-bond acceptors (Lipinski definition) is 3. The van der Waals surface area contributed by atoms with Crippen molar-refractivity contribution < 1.29 is 8.42 Å². The van der Waals surface area contributed by atoms with E-state index in [4.69, 9.17) is 23.2 Å². The van der Waals surface area contributed by atoms with Crippen LogP contribution in [-0.4, -0.2) is 26.8 Å². The Balaban J connectivity index is 2.72. The monoisotopic (exact) mass is 323 g/mol. The first-order chi connectivity index (χ1) is 8.88. The predicted molar refractivity (Wildman–Crippen MR) is 80.9 cm³/mol. The number of halogens is 2. The standard InChI is InChI=1S/C13H19Cl2NO2S/c1-3-16-10(2)6-5-9-19(17,18)13-11(14)7-4-8-12(13)15/h4,7-8,10,16H,3,5-6,9H2,1-2H3. The van der Waals surface area contributed by atoms with E-state index in [1.807, 2.05) is 13.8 Å². The topological polar surface area (TPSA) is 46.2 Å². The van der Waals surface area contributed by atoms with Crippen LogP contribution in [-0.2, 0) is 9.84 Å². The summed E-state index contributed by atoms with van der Waals surface area (Å²) < 4.78 is 24.4. The molecule has 6 heteroatoms. The van der Waals surface area contributed by atoms with Gasteiger partial charge in [0.2, 0.25) is 0 Å². The van der Waals surface area contributed by atoms with Gasteiger partial charge in [0, 0.05) is 6.04 Å². The maximum absolute atomic E-state index is 12.2. The molecule has 1 N–H and O–H groups in total. The van der Waals surface area contributed by atoms with Crippen molar-refractivity contribution in [3.05, 3.63) is 28.2 Å². The van der Waals surface area contributed by atoms with Crippen molar-refractivity contribution in [1.82, 2.24) is 5.32 Å². The predicted octanol–water partition coefficient (Wildman–Crippen LogP) is 3.55. The molecule has 3 nitrogen and oxygen atoms in total. The van der Waals surface area contributed by atoms with Gasteiger partial charge in [-0.25, -0.2) is 8.42 Å². The summed E-state index contributed by atoms with van der Waals surface area (Å²) in [6.45, 7) is 4.94. The Morgan fingerprint density at radius 1 is 1.26 bits per heavy atom. The Kier molecular flexibility index (Phi) is 6.60. The normalized spacial score (nSPS) is 13.5. The van der Waals surface area contributed by atoms with Gasteiger partial charge < -0.3 is 5.32 Å². The molecule has 0 aliphatic heterocycles. The van der Waals surface area contributed by atoms with Gasteiger partial charge in [0.1, 0.15) is 4.90 Å². The number of sulfone groups is 1. The van der Waals surface area contributed by atoms with Crippen LogP contribution in [0.1, 0.15) is 26.7 Å². The smallest absolute Gasteiger partial charge is 0.181 e. The Morgan fingerprint density at radius 2 is 1.84 bits per heavy atom. The highest BCUT2D eigenvalue weighted by atomic mass is 35.5. The van der Waals surface area contributed by atoms with Gasteiger partial charge in [0.05, 0.1) is 15.8 Å². The average Bonchev–Trinajstić information content (AvgIpc) is 2.28. The average molecular weight is 324 g/mol. The van der Waals surface area contributed by atoms with Crippen LogP contribution in [0.25, 0.3) is 0 Å². The van der Waals surface area contributed by atoms with E-state index in [-0.39, 0.29) is 20.7 Å². The Bertz CT molecular complexity index is 497. The third kappa shape index (κ3) is 4.95. The van der Waals surface area contributed by atoms with Crippen molar-refractivity contribution in [2.45, 2.75) is 37.6 Å². The van der Waals surface area contributed by atoms with Gasteiger partial charge >= 0.3 is 0 Å². The molecular weight excluding hydrogens is 305 g/mol. The molecular formula is C13H19Cl2NO2S. The number of benzene rings is 1. The maximum atomic E-state index is 12.2.